The zero-order chi connectivity index (χ0) is 21.6. The number of aryl methyl sites for hydroxylation is 1. The Balaban J connectivity index is 1.51. The number of hydrogen-bond acceptors (Lipinski definition) is 6. The van der Waals surface area contributed by atoms with E-state index in [4.69, 9.17) is 9.47 Å². The molecule has 1 N–H and O–H groups in total. The molecule has 8 heteroatoms. The lowest BCUT2D eigenvalue weighted by molar-refractivity contribution is -0.113. The number of rotatable bonds is 8. The van der Waals surface area contributed by atoms with Gasteiger partial charge < -0.3 is 14.8 Å². The van der Waals surface area contributed by atoms with Crippen molar-refractivity contribution in [2.45, 2.75) is 37.6 Å². The summed E-state index contributed by atoms with van der Waals surface area (Å²) in [4.78, 5) is 12.5. The molecular weight excluding hydrogens is 412 g/mol. The minimum absolute atomic E-state index is 0.0723. The predicted molar refractivity (Wildman–Crippen MR) is 122 cm³/mol. The number of aromatic nitrogens is 3. The van der Waals surface area contributed by atoms with Gasteiger partial charge in [0.1, 0.15) is 5.75 Å². The zero-order valence-corrected chi connectivity index (χ0v) is 18.5. The predicted octanol–water partition coefficient (Wildman–Crippen LogP) is 4.17. The van der Waals surface area contributed by atoms with Crippen molar-refractivity contribution in [2.24, 2.45) is 0 Å². The standard InChI is InChI=1S/C23H26N4O3S/c1-16-6-3-4-8-20(16)24-21(28)15-31-23-26-25-22(17-9-11-18(29-2)12-10-17)27(23)14-19-7-5-13-30-19/h3-4,6,8-12,19H,5,7,13-15H2,1-2H3,(H,24,28)/t19-/m0/s1. The molecule has 1 aliphatic heterocycles. The van der Waals surface area contributed by atoms with Gasteiger partial charge in [0.2, 0.25) is 5.91 Å². The van der Waals surface area contributed by atoms with Gasteiger partial charge in [-0.3, -0.25) is 9.36 Å². The van der Waals surface area contributed by atoms with Gasteiger partial charge in [-0.2, -0.15) is 0 Å². The molecule has 1 atom stereocenters. The lowest BCUT2D eigenvalue weighted by Crippen LogP contribution is -2.18. The molecule has 162 valence electrons. The second kappa shape index (κ2) is 9.98. The third-order valence-corrected chi connectivity index (χ3v) is 6.19. The summed E-state index contributed by atoms with van der Waals surface area (Å²) < 4.78 is 13.2. The van der Waals surface area contributed by atoms with Gasteiger partial charge in [-0.05, 0) is 55.7 Å². The minimum Gasteiger partial charge on any atom is -0.497 e. The Morgan fingerprint density at radius 1 is 1.23 bits per heavy atom. The molecule has 3 aromatic rings. The molecule has 31 heavy (non-hydrogen) atoms. The highest BCUT2D eigenvalue weighted by Crippen LogP contribution is 2.28. The number of ether oxygens (including phenoxy) is 2. The first-order valence-electron chi connectivity index (χ1n) is 10.3. The van der Waals surface area contributed by atoms with Crippen LogP contribution in [0, 0.1) is 6.92 Å². The maximum absolute atomic E-state index is 12.5. The van der Waals surface area contributed by atoms with Crippen molar-refractivity contribution in [2.75, 3.05) is 24.8 Å². The third-order valence-electron chi connectivity index (χ3n) is 5.23. The van der Waals surface area contributed by atoms with Gasteiger partial charge in [-0.25, -0.2) is 0 Å². The number of methoxy groups -OCH3 is 1. The van der Waals surface area contributed by atoms with E-state index in [1.54, 1.807) is 7.11 Å². The van der Waals surface area contributed by atoms with Gasteiger partial charge in [0.05, 0.1) is 25.5 Å². The molecule has 7 nitrogen and oxygen atoms in total. The maximum atomic E-state index is 12.5. The van der Waals surface area contributed by atoms with E-state index in [9.17, 15) is 4.79 Å². The van der Waals surface area contributed by atoms with Crippen LogP contribution < -0.4 is 10.1 Å². The van der Waals surface area contributed by atoms with Gasteiger partial charge in [-0.15, -0.1) is 10.2 Å². The number of amides is 1. The lowest BCUT2D eigenvalue weighted by Gasteiger charge is -2.15. The maximum Gasteiger partial charge on any atom is 0.234 e. The molecule has 0 bridgehead atoms. The molecule has 0 radical (unpaired) electrons. The van der Waals surface area contributed by atoms with E-state index in [0.29, 0.717) is 11.7 Å². The number of nitrogens with one attached hydrogen (secondary N) is 1. The first kappa shape index (κ1) is 21.4. The molecule has 1 fully saturated rings. The van der Waals surface area contributed by atoms with Gasteiger partial charge in [-0.1, -0.05) is 30.0 Å². The summed E-state index contributed by atoms with van der Waals surface area (Å²) in [5, 5.41) is 12.5. The number of benzene rings is 2. The molecule has 1 aromatic heterocycles. The SMILES string of the molecule is COc1ccc(-c2nnc(SCC(=O)Nc3ccccc3C)n2C[C@@H]2CCCO2)cc1. The van der Waals surface area contributed by atoms with Crippen LogP contribution >= 0.6 is 11.8 Å². The van der Waals surface area contributed by atoms with Crippen molar-refractivity contribution in [1.29, 1.82) is 0 Å². The van der Waals surface area contributed by atoms with Crippen LogP contribution in [0.2, 0.25) is 0 Å². The molecule has 0 saturated carbocycles. The van der Waals surface area contributed by atoms with Crippen molar-refractivity contribution in [3.05, 3.63) is 54.1 Å². The van der Waals surface area contributed by atoms with Crippen molar-refractivity contribution >= 4 is 23.4 Å². The van der Waals surface area contributed by atoms with Crippen LogP contribution in [0.15, 0.2) is 53.7 Å². The molecule has 1 saturated heterocycles. The number of para-hydroxylation sites is 1. The lowest BCUT2D eigenvalue weighted by atomic mass is 10.2. The second-order valence-corrected chi connectivity index (χ2v) is 8.37. The van der Waals surface area contributed by atoms with Crippen LogP contribution in [0.1, 0.15) is 18.4 Å². The van der Waals surface area contributed by atoms with Crippen LogP contribution in [-0.4, -0.2) is 46.2 Å². The molecule has 4 rings (SSSR count). The Kier molecular flexibility index (Phi) is 6.89. The average molecular weight is 439 g/mol. The summed E-state index contributed by atoms with van der Waals surface area (Å²) in [5.41, 5.74) is 2.81. The molecule has 0 unspecified atom stereocenters. The fourth-order valence-electron chi connectivity index (χ4n) is 3.54. The van der Waals surface area contributed by atoms with Crippen molar-refractivity contribution in [3.63, 3.8) is 0 Å². The van der Waals surface area contributed by atoms with E-state index in [1.807, 2.05) is 55.5 Å². The number of carbonyl (C=O) groups is 1. The Morgan fingerprint density at radius 3 is 2.74 bits per heavy atom. The molecule has 0 aliphatic carbocycles. The third kappa shape index (κ3) is 5.26. The largest absolute Gasteiger partial charge is 0.497 e. The van der Waals surface area contributed by atoms with Gasteiger partial charge in [0, 0.05) is 17.9 Å². The van der Waals surface area contributed by atoms with Crippen LogP contribution in [0.4, 0.5) is 5.69 Å². The number of carbonyl (C=O) groups excluding carboxylic acids is 1. The van der Waals surface area contributed by atoms with Crippen molar-refractivity contribution in [1.82, 2.24) is 14.8 Å². The summed E-state index contributed by atoms with van der Waals surface area (Å²) >= 11 is 1.38. The smallest absolute Gasteiger partial charge is 0.234 e. The van der Waals surface area contributed by atoms with E-state index in [2.05, 4.69) is 20.1 Å². The first-order valence-corrected chi connectivity index (χ1v) is 11.3. The van der Waals surface area contributed by atoms with E-state index < -0.39 is 0 Å². The second-order valence-electron chi connectivity index (χ2n) is 7.43. The summed E-state index contributed by atoms with van der Waals surface area (Å²) in [6.45, 7) is 3.42. The summed E-state index contributed by atoms with van der Waals surface area (Å²) in [6.07, 6.45) is 2.21. The quantitative estimate of drug-likeness (QED) is 0.532. The Bertz CT molecular complexity index is 1030. The fourth-order valence-corrected chi connectivity index (χ4v) is 4.28. The Morgan fingerprint density at radius 2 is 2.03 bits per heavy atom. The number of hydrogen-bond donors (Lipinski definition) is 1. The summed E-state index contributed by atoms with van der Waals surface area (Å²) in [5.74, 6) is 1.73. The van der Waals surface area contributed by atoms with Gasteiger partial charge in [0.15, 0.2) is 11.0 Å². The summed E-state index contributed by atoms with van der Waals surface area (Å²) in [7, 11) is 1.64. The van der Waals surface area contributed by atoms with E-state index >= 15 is 0 Å². The van der Waals surface area contributed by atoms with E-state index in [-0.39, 0.29) is 17.8 Å². The monoisotopic (exact) mass is 438 g/mol. The molecular formula is C23H26N4O3S. The van der Waals surface area contributed by atoms with Gasteiger partial charge >= 0.3 is 0 Å². The molecule has 1 amide bonds. The minimum atomic E-state index is -0.0723. The van der Waals surface area contributed by atoms with Gasteiger partial charge in [0.25, 0.3) is 0 Å². The Hall–Kier alpha value is -2.84. The first-order chi connectivity index (χ1) is 15.1. The van der Waals surface area contributed by atoms with Crippen LogP contribution in [0.5, 0.6) is 5.75 Å². The highest BCUT2D eigenvalue weighted by atomic mass is 32.2. The van der Waals surface area contributed by atoms with E-state index in [0.717, 1.165) is 47.8 Å². The highest BCUT2D eigenvalue weighted by molar-refractivity contribution is 7.99. The van der Waals surface area contributed by atoms with Crippen molar-refractivity contribution in [3.8, 4) is 17.1 Å². The molecule has 0 spiro atoms. The molecule has 2 heterocycles. The highest BCUT2D eigenvalue weighted by Gasteiger charge is 2.22. The van der Waals surface area contributed by atoms with E-state index in [1.165, 1.54) is 11.8 Å². The summed E-state index contributed by atoms with van der Waals surface area (Å²) in [6, 6.07) is 15.5. The number of anilines is 1. The zero-order valence-electron chi connectivity index (χ0n) is 17.7. The average Bonchev–Trinajstić information content (AvgIpc) is 3.44. The topological polar surface area (TPSA) is 78.3 Å². The van der Waals surface area contributed by atoms with Crippen molar-refractivity contribution < 1.29 is 14.3 Å². The molecule has 1 aliphatic rings. The number of thioether (sulfide) groups is 1. The normalized spacial score (nSPS) is 15.7. The fraction of sp³-hybridized carbons (Fsp3) is 0.348. The molecule has 2 aromatic carbocycles. The van der Waals surface area contributed by atoms with Crippen LogP contribution in [-0.2, 0) is 16.1 Å². The Labute approximate surface area is 186 Å². The van der Waals surface area contributed by atoms with Crippen LogP contribution in [0.25, 0.3) is 11.4 Å². The number of nitrogens with zero attached hydrogens (tertiary/aromatic N) is 3. The van der Waals surface area contributed by atoms with Crippen LogP contribution in [0.3, 0.4) is 0 Å².